The maximum atomic E-state index is 12.8. The predicted octanol–water partition coefficient (Wildman–Crippen LogP) is 6.29. The molecule has 0 aromatic heterocycles. The van der Waals surface area contributed by atoms with Crippen molar-refractivity contribution in [3.63, 3.8) is 0 Å². The SMILES string of the molecule is CCOC(=O)Cc1ccc(OC)c(Oc2ccc(NC(=O)c3ccc(C(F)(F)F)cc3)cc2CS)c1. The monoisotopic (exact) mass is 519 g/mol. The van der Waals surface area contributed by atoms with Gasteiger partial charge in [-0.1, -0.05) is 6.07 Å². The molecule has 1 N–H and O–H groups in total. The Morgan fingerprint density at radius 3 is 2.25 bits per heavy atom. The lowest BCUT2D eigenvalue weighted by Crippen LogP contribution is -2.13. The van der Waals surface area contributed by atoms with Crippen LogP contribution in [0.25, 0.3) is 0 Å². The molecule has 0 aliphatic heterocycles. The summed E-state index contributed by atoms with van der Waals surface area (Å²) in [7, 11) is 1.49. The van der Waals surface area contributed by atoms with Gasteiger partial charge in [-0.15, -0.1) is 0 Å². The second kappa shape index (κ2) is 11.9. The number of ether oxygens (including phenoxy) is 3. The van der Waals surface area contributed by atoms with E-state index in [1.165, 1.54) is 7.11 Å². The minimum atomic E-state index is -4.48. The van der Waals surface area contributed by atoms with Crippen molar-refractivity contribution in [3.05, 3.63) is 82.9 Å². The number of halogens is 3. The van der Waals surface area contributed by atoms with Gasteiger partial charge in [-0.2, -0.15) is 25.8 Å². The van der Waals surface area contributed by atoms with Crippen LogP contribution in [0.15, 0.2) is 60.7 Å². The number of carbonyl (C=O) groups is 2. The van der Waals surface area contributed by atoms with Gasteiger partial charge in [0.05, 0.1) is 25.7 Å². The number of esters is 1. The van der Waals surface area contributed by atoms with E-state index in [9.17, 15) is 22.8 Å². The number of thiol groups is 1. The number of methoxy groups -OCH3 is 1. The van der Waals surface area contributed by atoms with Gasteiger partial charge in [0.25, 0.3) is 5.91 Å². The van der Waals surface area contributed by atoms with Gasteiger partial charge in [-0.3, -0.25) is 9.59 Å². The number of anilines is 1. The van der Waals surface area contributed by atoms with Crippen molar-refractivity contribution >= 4 is 30.2 Å². The van der Waals surface area contributed by atoms with Crippen LogP contribution in [-0.4, -0.2) is 25.6 Å². The van der Waals surface area contributed by atoms with Gasteiger partial charge in [-0.25, -0.2) is 0 Å². The van der Waals surface area contributed by atoms with Crippen LogP contribution < -0.4 is 14.8 Å². The summed E-state index contributed by atoms with van der Waals surface area (Å²) in [6.45, 7) is 2.01. The van der Waals surface area contributed by atoms with Gasteiger partial charge in [0, 0.05) is 22.6 Å². The van der Waals surface area contributed by atoms with Crippen LogP contribution in [0.3, 0.4) is 0 Å². The smallest absolute Gasteiger partial charge is 0.416 e. The van der Waals surface area contributed by atoms with Gasteiger partial charge in [-0.05, 0) is 67.1 Å². The quantitative estimate of drug-likeness (QED) is 0.257. The Labute approximate surface area is 211 Å². The van der Waals surface area contributed by atoms with Crippen molar-refractivity contribution < 1.29 is 37.0 Å². The molecule has 0 unspecified atom stereocenters. The summed E-state index contributed by atoms with van der Waals surface area (Å²) in [6, 6.07) is 13.9. The molecule has 3 aromatic carbocycles. The normalized spacial score (nSPS) is 11.1. The Morgan fingerprint density at radius 1 is 0.944 bits per heavy atom. The first-order chi connectivity index (χ1) is 17.1. The molecule has 0 atom stereocenters. The second-order valence-electron chi connectivity index (χ2n) is 7.58. The molecule has 190 valence electrons. The van der Waals surface area contributed by atoms with E-state index in [2.05, 4.69) is 17.9 Å². The molecule has 6 nitrogen and oxygen atoms in total. The molecule has 0 radical (unpaired) electrons. The third-order valence-electron chi connectivity index (χ3n) is 5.06. The van der Waals surface area contributed by atoms with Crippen LogP contribution in [0.5, 0.6) is 17.2 Å². The Morgan fingerprint density at radius 2 is 1.64 bits per heavy atom. The van der Waals surface area contributed by atoms with Crippen LogP contribution >= 0.6 is 12.6 Å². The second-order valence-corrected chi connectivity index (χ2v) is 7.90. The lowest BCUT2D eigenvalue weighted by molar-refractivity contribution is -0.142. The van der Waals surface area contributed by atoms with Gasteiger partial charge < -0.3 is 19.5 Å². The van der Waals surface area contributed by atoms with Gasteiger partial charge in [0.15, 0.2) is 11.5 Å². The fourth-order valence-corrected chi connectivity index (χ4v) is 3.55. The average molecular weight is 520 g/mol. The highest BCUT2D eigenvalue weighted by Crippen LogP contribution is 2.36. The highest BCUT2D eigenvalue weighted by molar-refractivity contribution is 7.79. The maximum Gasteiger partial charge on any atom is 0.416 e. The minimum Gasteiger partial charge on any atom is -0.493 e. The van der Waals surface area contributed by atoms with E-state index >= 15 is 0 Å². The summed E-state index contributed by atoms with van der Waals surface area (Å²) in [5, 5.41) is 2.66. The van der Waals surface area contributed by atoms with Crippen molar-refractivity contribution in [2.75, 3.05) is 19.0 Å². The van der Waals surface area contributed by atoms with E-state index in [0.29, 0.717) is 34.1 Å². The molecule has 10 heteroatoms. The summed E-state index contributed by atoms with van der Waals surface area (Å²) >= 11 is 4.34. The summed E-state index contributed by atoms with van der Waals surface area (Å²) in [4.78, 5) is 24.3. The fourth-order valence-electron chi connectivity index (χ4n) is 3.30. The van der Waals surface area contributed by atoms with Gasteiger partial charge >= 0.3 is 12.1 Å². The first kappa shape index (κ1) is 26.9. The number of amides is 1. The Hall–Kier alpha value is -3.66. The van der Waals surface area contributed by atoms with Crippen molar-refractivity contribution in [2.45, 2.75) is 25.3 Å². The van der Waals surface area contributed by atoms with Crippen LogP contribution in [0.2, 0.25) is 0 Å². The lowest BCUT2D eigenvalue weighted by atomic mass is 10.1. The van der Waals surface area contributed by atoms with Crippen molar-refractivity contribution in [1.29, 1.82) is 0 Å². The topological polar surface area (TPSA) is 73.9 Å². The van der Waals surface area contributed by atoms with Gasteiger partial charge in [0.1, 0.15) is 5.75 Å². The van der Waals surface area contributed by atoms with E-state index in [1.807, 2.05) is 0 Å². The van der Waals surface area contributed by atoms with Crippen LogP contribution in [0.1, 0.15) is 34.0 Å². The molecular weight excluding hydrogens is 495 g/mol. The van der Waals surface area contributed by atoms with Crippen molar-refractivity contribution in [2.24, 2.45) is 0 Å². The number of carbonyl (C=O) groups excluding carboxylic acids is 2. The molecule has 0 aliphatic carbocycles. The number of benzene rings is 3. The largest absolute Gasteiger partial charge is 0.493 e. The molecule has 0 spiro atoms. The number of rotatable bonds is 9. The molecule has 0 heterocycles. The van der Waals surface area contributed by atoms with Gasteiger partial charge in [0.2, 0.25) is 0 Å². The Kier molecular flexibility index (Phi) is 8.87. The summed E-state index contributed by atoms with van der Waals surface area (Å²) in [5.41, 5.74) is 0.983. The standard InChI is InChI=1S/C26H24F3NO5S/c1-3-34-24(31)13-16-4-10-22(33-2)23(12-16)35-21-11-9-20(14-18(21)15-36)30-25(32)17-5-7-19(8-6-17)26(27,28)29/h4-12,14,36H,3,13,15H2,1-2H3,(H,30,32). The highest BCUT2D eigenvalue weighted by atomic mass is 32.1. The van der Waals surface area contributed by atoms with E-state index in [4.69, 9.17) is 14.2 Å². The van der Waals surface area contributed by atoms with E-state index < -0.39 is 17.6 Å². The first-order valence-electron chi connectivity index (χ1n) is 10.9. The van der Waals surface area contributed by atoms with Crippen molar-refractivity contribution in [3.8, 4) is 17.2 Å². The first-order valence-corrected chi connectivity index (χ1v) is 11.5. The molecule has 0 saturated heterocycles. The molecular formula is C26H24F3NO5S. The summed E-state index contributed by atoms with van der Waals surface area (Å²) in [6.07, 6.45) is -4.41. The number of alkyl halides is 3. The number of hydrogen-bond acceptors (Lipinski definition) is 6. The molecule has 0 bridgehead atoms. The Balaban J connectivity index is 1.78. The number of hydrogen-bond donors (Lipinski definition) is 2. The minimum absolute atomic E-state index is 0.0720. The van der Waals surface area contributed by atoms with Crippen LogP contribution in [0, 0.1) is 0 Å². The third kappa shape index (κ3) is 6.94. The van der Waals surface area contributed by atoms with Crippen molar-refractivity contribution in [1.82, 2.24) is 0 Å². The third-order valence-corrected chi connectivity index (χ3v) is 5.41. The molecule has 3 aromatic rings. The molecule has 0 fully saturated rings. The average Bonchev–Trinajstić information content (AvgIpc) is 2.84. The zero-order chi connectivity index (χ0) is 26.3. The molecule has 3 rings (SSSR count). The molecule has 0 saturated carbocycles. The highest BCUT2D eigenvalue weighted by Gasteiger charge is 2.30. The summed E-state index contributed by atoms with van der Waals surface area (Å²) < 4.78 is 54.7. The Bertz CT molecular complexity index is 1230. The van der Waals surface area contributed by atoms with Crippen LogP contribution in [0.4, 0.5) is 18.9 Å². The van der Waals surface area contributed by atoms with E-state index in [1.54, 1.807) is 43.3 Å². The predicted molar refractivity (Wildman–Crippen MR) is 132 cm³/mol. The molecule has 36 heavy (non-hydrogen) atoms. The zero-order valence-corrected chi connectivity index (χ0v) is 20.4. The van der Waals surface area contributed by atoms with E-state index in [0.717, 1.165) is 24.3 Å². The lowest BCUT2D eigenvalue weighted by Gasteiger charge is -2.15. The fraction of sp³-hybridized carbons (Fsp3) is 0.231. The summed E-state index contributed by atoms with van der Waals surface area (Å²) in [5.74, 6) is 0.624. The maximum absolute atomic E-state index is 12.8. The van der Waals surface area contributed by atoms with Crippen LogP contribution in [-0.2, 0) is 27.9 Å². The molecule has 0 aliphatic rings. The van der Waals surface area contributed by atoms with E-state index in [-0.39, 0.29) is 30.3 Å². The molecule has 1 amide bonds. The zero-order valence-electron chi connectivity index (χ0n) is 19.5. The number of nitrogens with one attached hydrogen (secondary N) is 1.